The minimum absolute atomic E-state index is 0.0261. The standard InChI is InChI=1S/C21H18FN3O/c1-24-9-7-14-15(3-2-4-20(14)24)21(26)25-10-8-19-17(12-25)16-11-13(22)5-6-18(16)23-19/h2-7,9,11,23H,8,10,12H2,1H3. The molecule has 2 aromatic carbocycles. The van der Waals surface area contributed by atoms with Crippen LogP contribution in [0.15, 0.2) is 48.7 Å². The van der Waals surface area contributed by atoms with Gasteiger partial charge in [0.2, 0.25) is 0 Å². The number of H-pyrrole nitrogens is 1. The number of hydrogen-bond donors (Lipinski definition) is 1. The highest BCUT2D eigenvalue weighted by Crippen LogP contribution is 2.30. The first-order valence-corrected chi connectivity index (χ1v) is 8.74. The summed E-state index contributed by atoms with van der Waals surface area (Å²) in [5, 5.41) is 1.84. The van der Waals surface area contributed by atoms with Crippen LogP contribution in [0.1, 0.15) is 21.6 Å². The van der Waals surface area contributed by atoms with Gasteiger partial charge in [0.15, 0.2) is 0 Å². The van der Waals surface area contributed by atoms with E-state index in [1.54, 1.807) is 12.1 Å². The second kappa shape index (κ2) is 5.46. The maximum Gasteiger partial charge on any atom is 0.254 e. The Balaban J connectivity index is 1.55. The molecule has 1 aliphatic rings. The third-order valence-corrected chi connectivity index (χ3v) is 5.38. The van der Waals surface area contributed by atoms with Crippen LogP contribution in [0.4, 0.5) is 4.39 Å². The molecule has 0 saturated heterocycles. The Kier molecular flexibility index (Phi) is 3.19. The molecule has 0 bridgehead atoms. The summed E-state index contributed by atoms with van der Waals surface area (Å²) >= 11 is 0. The average Bonchev–Trinajstić information content (AvgIpc) is 3.21. The monoisotopic (exact) mass is 347 g/mol. The quantitative estimate of drug-likeness (QED) is 0.556. The summed E-state index contributed by atoms with van der Waals surface area (Å²) in [6.45, 7) is 1.16. The molecule has 0 atom stereocenters. The van der Waals surface area contributed by atoms with Gasteiger partial charge < -0.3 is 14.5 Å². The number of carbonyl (C=O) groups is 1. The predicted octanol–water partition coefficient (Wildman–Crippen LogP) is 4.00. The number of nitrogens with zero attached hydrogens (tertiary/aromatic N) is 2. The van der Waals surface area contributed by atoms with Gasteiger partial charge in [-0.3, -0.25) is 4.79 Å². The number of halogens is 1. The first-order chi connectivity index (χ1) is 12.6. The predicted molar refractivity (Wildman–Crippen MR) is 99.6 cm³/mol. The van der Waals surface area contributed by atoms with E-state index in [9.17, 15) is 9.18 Å². The van der Waals surface area contributed by atoms with Gasteiger partial charge in [-0.2, -0.15) is 0 Å². The number of aryl methyl sites for hydroxylation is 1. The number of fused-ring (bicyclic) bond motifs is 4. The summed E-state index contributed by atoms with van der Waals surface area (Å²) in [6, 6.07) is 12.6. The minimum atomic E-state index is -0.253. The Labute approximate surface area is 149 Å². The van der Waals surface area contributed by atoms with E-state index in [1.165, 1.54) is 6.07 Å². The van der Waals surface area contributed by atoms with Crippen molar-refractivity contribution in [2.75, 3.05) is 6.54 Å². The number of aromatic nitrogens is 2. The Bertz CT molecular complexity index is 1170. The highest BCUT2D eigenvalue weighted by molar-refractivity contribution is 6.06. The van der Waals surface area contributed by atoms with E-state index in [1.807, 2.05) is 47.0 Å². The SMILES string of the molecule is Cn1ccc2c(C(=O)N3CCc4[nH]c5ccc(F)cc5c4C3)cccc21. The molecule has 0 saturated carbocycles. The van der Waals surface area contributed by atoms with Crippen LogP contribution < -0.4 is 0 Å². The molecule has 0 aliphatic carbocycles. The second-order valence-corrected chi connectivity index (χ2v) is 6.91. The van der Waals surface area contributed by atoms with Gasteiger partial charge in [0.1, 0.15) is 5.82 Å². The van der Waals surface area contributed by atoms with Crippen molar-refractivity contribution in [2.24, 2.45) is 7.05 Å². The molecule has 0 fully saturated rings. The summed E-state index contributed by atoms with van der Waals surface area (Å²) in [6.07, 6.45) is 2.72. The van der Waals surface area contributed by atoms with Gasteiger partial charge in [0, 0.05) is 71.4 Å². The molecule has 4 aromatic rings. The topological polar surface area (TPSA) is 41.0 Å². The van der Waals surface area contributed by atoms with Crippen LogP contribution in [0.5, 0.6) is 0 Å². The Morgan fingerprint density at radius 2 is 2.04 bits per heavy atom. The highest BCUT2D eigenvalue weighted by Gasteiger charge is 2.26. The van der Waals surface area contributed by atoms with Crippen LogP contribution in [-0.4, -0.2) is 26.9 Å². The van der Waals surface area contributed by atoms with E-state index < -0.39 is 0 Å². The van der Waals surface area contributed by atoms with Gasteiger partial charge in [-0.25, -0.2) is 4.39 Å². The number of amides is 1. The zero-order valence-corrected chi connectivity index (χ0v) is 14.4. The van der Waals surface area contributed by atoms with Crippen LogP contribution in [-0.2, 0) is 20.0 Å². The van der Waals surface area contributed by atoms with E-state index in [0.29, 0.717) is 13.1 Å². The molecule has 26 heavy (non-hydrogen) atoms. The summed E-state index contributed by atoms with van der Waals surface area (Å²) < 4.78 is 15.7. The molecule has 0 unspecified atom stereocenters. The van der Waals surface area contributed by atoms with Crippen LogP contribution in [0.3, 0.4) is 0 Å². The van der Waals surface area contributed by atoms with E-state index in [0.717, 1.165) is 45.0 Å². The minimum Gasteiger partial charge on any atom is -0.358 e. The largest absolute Gasteiger partial charge is 0.358 e. The van der Waals surface area contributed by atoms with Crippen molar-refractivity contribution in [3.8, 4) is 0 Å². The summed E-state index contributed by atoms with van der Waals surface area (Å²) in [4.78, 5) is 18.4. The van der Waals surface area contributed by atoms with Crippen LogP contribution in [0.2, 0.25) is 0 Å². The van der Waals surface area contributed by atoms with Crippen LogP contribution in [0, 0.1) is 5.82 Å². The molecule has 130 valence electrons. The maximum atomic E-state index is 13.7. The fraction of sp³-hybridized carbons (Fsp3) is 0.190. The number of hydrogen-bond acceptors (Lipinski definition) is 1. The van der Waals surface area contributed by atoms with E-state index >= 15 is 0 Å². The van der Waals surface area contributed by atoms with Crippen LogP contribution >= 0.6 is 0 Å². The number of benzene rings is 2. The van der Waals surface area contributed by atoms with Gasteiger partial charge >= 0.3 is 0 Å². The maximum absolute atomic E-state index is 13.7. The van der Waals surface area contributed by atoms with Gasteiger partial charge in [-0.05, 0) is 36.4 Å². The number of nitrogens with one attached hydrogen (secondary N) is 1. The highest BCUT2D eigenvalue weighted by atomic mass is 19.1. The van der Waals surface area contributed by atoms with E-state index in [-0.39, 0.29) is 11.7 Å². The van der Waals surface area contributed by atoms with Gasteiger partial charge in [0.25, 0.3) is 5.91 Å². The Hall–Kier alpha value is -3.08. The van der Waals surface area contributed by atoms with Gasteiger partial charge in [-0.1, -0.05) is 6.07 Å². The molecule has 3 heterocycles. The number of carbonyl (C=O) groups excluding carboxylic acids is 1. The lowest BCUT2D eigenvalue weighted by Crippen LogP contribution is -2.35. The van der Waals surface area contributed by atoms with Crippen molar-refractivity contribution in [3.63, 3.8) is 0 Å². The zero-order chi connectivity index (χ0) is 17.8. The Morgan fingerprint density at radius 3 is 2.92 bits per heavy atom. The van der Waals surface area contributed by atoms with Gasteiger partial charge in [-0.15, -0.1) is 0 Å². The Morgan fingerprint density at radius 1 is 1.15 bits per heavy atom. The lowest BCUT2D eigenvalue weighted by atomic mass is 10.0. The lowest BCUT2D eigenvalue weighted by Gasteiger charge is -2.27. The number of rotatable bonds is 1. The smallest absolute Gasteiger partial charge is 0.254 e. The molecule has 1 N–H and O–H groups in total. The van der Waals surface area contributed by atoms with Crippen molar-refractivity contribution < 1.29 is 9.18 Å². The first kappa shape index (κ1) is 15.2. The molecule has 5 rings (SSSR count). The second-order valence-electron chi connectivity index (χ2n) is 6.91. The molecule has 1 aliphatic heterocycles. The lowest BCUT2D eigenvalue weighted by molar-refractivity contribution is 0.0737. The van der Waals surface area contributed by atoms with Crippen molar-refractivity contribution in [1.82, 2.24) is 14.5 Å². The van der Waals surface area contributed by atoms with E-state index in [4.69, 9.17) is 0 Å². The first-order valence-electron chi connectivity index (χ1n) is 8.74. The third-order valence-electron chi connectivity index (χ3n) is 5.38. The molecule has 0 spiro atoms. The summed E-state index contributed by atoms with van der Waals surface area (Å²) in [5.74, 6) is -0.227. The fourth-order valence-corrected chi connectivity index (χ4v) is 4.02. The molecular formula is C21H18FN3O. The average molecular weight is 347 g/mol. The molecule has 1 amide bonds. The molecule has 0 radical (unpaired) electrons. The zero-order valence-electron chi connectivity index (χ0n) is 14.4. The third kappa shape index (κ3) is 2.17. The molecule has 5 heteroatoms. The van der Waals surface area contributed by atoms with Gasteiger partial charge in [0.05, 0.1) is 0 Å². The van der Waals surface area contributed by atoms with Crippen molar-refractivity contribution in [2.45, 2.75) is 13.0 Å². The normalized spacial score (nSPS) is 14.2. The van der Waals surface area contributed by atoms with E-state index in [2.05, 4.69) is 4.98 Å². The summed E-state index contributed by atoms with van der Waals surface area (Å²) in [5.41, 5.74) is 4.82. The van der Waals surface area contributed by atoms with Crippen LogP contribution in [0.25, 0.3) is 21.8 Å². The van der Waals surface area contributed by atoms with Crippen molar-refractivity contribution >= 4 is 27.7 Å². The van der Waals surface area contributed by atoms with Crippen molar-refractivity contribution in [1.29, 1.82) is 0 Å². The summed E-state index contributed by atoms with van der Waals surface area (Å²) in [7, 11) is 1.98. The molecular weight excluding hydrogens is 329 g/mol. The molecule has 2 aromatic heterocycles. The van der Waals surface area contributed by atoms with Crippen molar-refractivity contribution in [3.05, 3.63) is 71.3 Å². The number of aromatic amines is 1. The fourth-order valence-electron chi connectivity index (χ4n) is 4.02. The molecule has 4 nitrogen and oxygen atoms in total.